The fraction of sp³-hybridized carbons (Fsp3) is 0.429. The molecule has 1 aliphatic heterocycles. The molecule has 1 fully saturated rings. The van der Waals surface area contributed by atoms with Gasteiger partial charge >= 0.3 is 5.97 Å². The molecule has 1 saturated heterocycles. The average molecular weight is 298 g/mol. The summed E-state index contributed by atoms with van der Waals surface area (Å²) in [5.41, 5.74) is -0.499. The van der Waals surface area contributed by atoms with Gasteiger partial charge in [0.25, 0.3) is 5.91 Å². The Hall–Kier alpha value is -1.75. The van der Waals surface area contributed by atoms with Gasteiger partial charge in [0.15, 0.2) is 0 Å². The number of carbonyl (C=O) groups excluding carboxylic acids is 1. The van der Waals surface area contributed by atoms with Gasteiger partial charge in [0.05, 0.1) is 10.4 Å². The van der Waals surface area contributed by atoms with Crippen LogP contribution in [0.25, 0.3) is 0 Å². The summed E-state index contributed by atoms with van der Waals surface area (Å²) in [7, 11) is 0. The number of amides is 1. The number of hydrogen-bond donors (Lipinski definition) is 2. The number of phenolic OH excluding ortho intramolecular Hbond substituents is 1. The third-order valence-corrected chi connectivity index (χ3v) is 4.27. The SMILES string of the molecule is CCC1(C(=O)O)CCN(C(=O)c2ccc(O)c(Cl)c2)C1. The lowest BCUT2D eigenvalue weighted by Crippen LogP contribution is -2.36. The second kappa shape index (κ2) is 5.32. The van der Waals surface area contributed by atoms with Gasteiger partial charge in [-0.3, -0.25) is 9.59 Å². The highest BCUT2D eigenvalue weighted by Gasteiger charge is 2.44. The van der Waals surface area contributed by atoms with Crippen molar-refractivity contribution in [1.29, 1.82) is 0 Å². The van der Waals surface area contributed by atoms with Gasteiger partial charge in [-0.25, -0.2) is 0 Å². The van der Waals surface area contributed by atoms with Crippen LogP contribution in [0.4, 0.5) is 0 Å². The number of halogens is 1. The topological polar surface area (TPSA) is 77.8 Å². The van der Waals surface area contributed by atoms with Crippen LogP contribution in [0.15, 0.2) is 18.2 Å². The zero-order valence-corrected chi connectivity index (χ0v) is 11.9. The van der Waals surface area contributed by atoms with Crippen molar-refractivity contribution in [2.45, 2.75) is 19.8 Å². The molecular formula is C14H16ClNO4. The maximum absolute atomic E-state index is 12.3. The van der Waals surface area contributed by atoms with Gasteiger partial charge in [-0.2, -0.15) is 0 Å². The Labute approximate surface area is 121 Å². The fourth-order valence-corrected chi connectivity index (χ4v) is 2.66. The molecule has 1 aliphatic rings. The number of phenols is 1. The van der Waals surface area contributed by atoms with Gasteiger partial charge in [-0.1, -0.05) is 18.5 Å². The van der Waals surface area contributed by atoms with E-state index >= 15 is 0 Å². The van der Waals surface area contributed by atoms with E-state index in [1.807, 2.05) is 6.92 Å². The first-order chi connectivity index (χ1) is 9.39. The fourth-order valence-electron chi connectivity index (χ4n) is 2.48. The predicted molar refractivity (Wildman–Crippen MR) is 74.0 cm³/mol. The van der Waals surface area contributed by atoms with Gasteiger partial charge in [0.2, 0.25) is 0 Å². The van der Waals surface area contributed by atoms with E-state index in [0.29, 0.717) is 24.9 Å². The Balaban J connectivity index is 2.19. The van der Waals surface area contributed by atoms with Crippen LogP contribution in [0.5, 0.6) is 5.75 Å². The van der Waals surface area contributed by atoms with E-state index in [4.69, 9.17) is 11.6 Å². The lowest BCUT2D eigenvalue weighted by molar-refractivity contribution is -0.148. The molecule has 2 N–H and O–H groups in total. The first kappa shape index (κ1) is 14.7. The van der Waals surface area contributed by atoms with Gasteiger partial charge in [-0.05, 0) is 31.0 Å². The molecular weight excluding hydrogens is 282 g/mol. The monoisotopic (exact) mass is 297 g/mol. The van der Waals surface area contributed by atoms with Crippen molar-refractivity contribution in [3.05, 3.63) is 28.8 Å². The number of carboxylic acid groups (broad SMARTS) is 1. The molecule has 0 saturated carbocycles. The van der Waals surface area contributed by atoms with Crippen molar-refractivity contribution >= 4 is 23.5 Å². The molecule has 0 bridgehead atoms. The maximum Gasteiger partial charge on any atom is 0.311 e. The van der Waals surface area contributed by atoms with E-state index < -0.39 is 11.4 Å². The normalized spacial score (nSPS) is 22.0. The number of likely N-dealkylation sites (tertiary alicyclic amines) is 1. The second-order valence-corrected chi connectivity index (χ2v) is 5.49. The molecule has 0 spiro atoms. The summed E-state index contributed by atoms with van der Waals surface area (Å²) in [6.07, 6.45) is 0.943. The van der Waals surface area contributed by atoms with Crippen LogP contribution in [0.1, 0.15) is 30.1 Å². The molecule has 1 amide bonds. The number of benzene rings is 1. The van der Waals surface area contributed by atoms with Crippen LogP contribution < -0.4 is 0 Å². The van der Waals surface area contributed by atoms with Crippen molar-refractivity contribution in [2.24, 2.45) is 5.41 Å². The summed E-state index contributed by atoms with van der Waals surface area (Å²) in [4.78, 5) is 25.2. The third kappa shape index (κ3) is 2.45. The molecule has 2 rings (SSSR count). The molecule has 6 heteroatoms. The van der Waals surface area contributed by atoms with Gasteiger partial charge < -0.3 is 15.1 Å². The number of aliphatic carboxylic acids is 1. The van der Waals surface area contributed by atoms with E-state index in [2.05, 4.69) is 0 Å². The summed E-state index contributed by atoms with van der Waals surface area (Å²) < 4.78 is 0. The molecule has 1 aromatic carbocycles. The van der Waals surface area contributed by atoms with Crippen molar-refractivity contribution in [3.63, 3.8) is 0 Å². The van der Waals surface area contributed by atoms with Crippen LogP contribution in [-0.2, 0) is 4.79 Å². The van der Waals surface area contributed by atoms with Crippen molar-refractivity contribution in [3.8, 4) is 5.75 Å². The van der Waals surface area contributed by atoms with E-state index in [0.717, 1.165) is 0 Å². The van der Waals surface area contributed by atoms with E-state index in [1.165, 1.54) is 23.1 Å². The summed E-state index contributed by atoms with van der Waals surface area (Å²) in [6, 6.07) is 4.23. The highest BCUT2D eigenvalue weighted by Crippen LogP contribution is 2.35. The number of nitrogens with zero attached hydrogens (tertiary/aromatic N) is 1. The average Bonchev–Trinajstić information content (AvgIpc) is 2.87. The molecule has 0 aromatic heterocycles. The highest BCUT2D eigenvalue weighted by molar-refractivity contribution is 6.32. The Kier molecular flexibility index (Phi) is 3.90. The minimum Gasteiger partial charge on any atom is -0.506 e. The highest BCUT2D eigenvalue weighted by atomic mass is 35.5. The summed E-state index contributed by atoms with van der Waals surface area (Å²) in [5.74, 6) is -1.21. The van der Waals surface area contributed by atoms with Gasteiger partial charge in [0, 0.05) is 18.7 Å². The first-order valence-electron chi connectivity index (χ1n) is 6.41. The molecule has 1 atom stereocenters. The zero-order chi connectivity index (χ0) is 14.9. The molecule has 20 heavy (non-hydrogen) atoms. The smallest absolute Gasteiger partial charge is 0.311 e. The lowest BCUT2D eigenvalue weighted by atomic mass is 9.84. The van der Waals surface area contributed by atoms with Gasteiger partial charge in [0.1, 0.15) is 5.75 Å². The molecule has 0 aliphatic carbocycles. The Morgan fingerprint density at radius 1 is 1.45 bits per heavy atom. The van der Waals surface area contributed by atoms with Gasteiger partial charge in [-0.15, -0.1) is 0 Å². The van der Waals surface area contributed by atoms with Crippen LogP contribution in [0.2, 0.25) is 5.02 Å². The Morgan fingerprint density at radius 2 is 2.15 bits per heavy atom. The van der Waals surface area contributed by atoms with Crippen LogP contribution in [0.3, 0.4) is 0 Å². The lowest BCUT2D eigenvalue weighted by Gasteiger charge is -2.23. The van der Waals surface area contributed by atoms with Crippen LogP contribution in [0, 0.1) is 5.41 Å². The van der Waals surface area contributed by atoms with Crippen LogP contribution >= 0.6 is 11.6 Å². The summed E-state index contributed by atoms with van der Waals surface area (Å²) in [6.45, 7) is 2.44. The maximum atomic E-state index is 12.3. The van der Waals surface area contributed by atoms with Crippen molar-refractivity contribution < 1.29 is 19.8 Å². The molecule has 1 aromatic rings. The van der Waals surface area contributed by atoms with Crippen molar-refractivity contribution in [1.82, 2.24) is 4.90 Å². The largest absolute Gasteiger partial charge is 0.506 e. The molecule has 1 heterocycles. The van der Waals surface area contributed by atoms with Crippen LogP contribution in [-0.4, -0.2) is 40.1 Å². The Bertz CT molecular complexity index is 560. The van der Waals surface area contributed by atoms with E-state index in [9.17, 15) is 19.8 Å². The quantitative estimate of drug-likeness (QED) is 0.898. The zero-order valence-electron chi connectivity index (χ0n) is 11.1. The van der Waals surface area contributed by atoms with E-state index in [1.54, 1.807) is 0 Å². The standard InChI is InChI=1S/C14H16ClNO4/c1-2-14(13(19)20)5-6-16(8-14)12(18)9-3-4-11(17)10(15)7-9/h3-4,7,17H,2,5-6,8H2,1H3,(H,19,20). The number of carboxylic acids is 1. The molecule has 1 unspecified atom stereocenters. The molecule has 0 radical (unpaired) electrons. The first-order valence-corrected chi connectivity index (χ1v) is 6.78. The number of hydrogen-bond acceptors (Lipinski definition) is 3. The number of rotatable bonds is 3. The summed E-state index contributed by atoms with van der Waals surface area (Å²) in [5, 5.41) is 18.8. The molecule has 5 nitrogen and oxygen atoms in total. The van der Waals surface area contributed by atoms with E-state index in [-0.39, 0.29) is 23.2 Å². The second-order valence-electron chi connectivity index (χ2n) is 5.08. The predicted octanol–water partition coefficient (Wildman–Crippen LogP) is 2.37. The number of aromatic hydroxyl groups is 1. The minimum atomic E-state index is -0.862. The Morgan fingerprint density at radius 3 is 2.65 bits per heavy atom. The third-order valence-electron chi connectivity index (χ3n) is 3.97. The molecule has 108 valence electrons. The summed E-state index contributed by atoms with van der Waals surface area (Å²) >= 11 is 5.78. The van der Waals surface area contributed by atoms with Crippen molar-refractivity contribution in [2.75, 3.05) is 13.1 Å². The number of carbonyl (C=O) groups is 2. The minimum absolute atomic E-state index is 0.0851.